The number of rotatable bonds is 0. The van der Waals surface area contributed by atoms with Crippen LogP contribution in [-0.4, -0.2) is 24.9 Å². The van der Waals surface area contributed by atoms with Gasteiger partial charge in [0.2, 0.25) is 5.36 Å². The lowest BCUT2D eigenvalue weighted by Gasteiger charge is -2.06. The summed E-state index contributed by atoms with van der Waals surface area (Å²) in [5.74, 6) is 0.107. The first-order chi connectivity index (χ1) is 7.18. The van der Waals surface area contributed by atoms with Gasteiger partial charge in [-0.3, -0.25) is 4.99 Å². The Morgan fingerprint density at radius 2 is 2.33 bits per heavy atom. The number of aromatic hydroxyl groups is 1. The molecule has 0 bridgehead atoms. The SMILES string of the molecule is C[N+]1=c2cc(N)c(O)c3c2=C(C=N3)CC1. The van der Waals surface area contributed by atoms with Crippen molar-refractivity contribution in [3.05, 3.63) is 16.6 Å². The molecule has 2 aliphatic rings. The summed E-state index contributed by atoms with van der Waals surface area (Å²) in [7, 11) is 2.03. The molecular formula is C11H12N3O+. The molecule has 0 unspecified atom stereocenters. The number of phenolic OH excluding ortho intramolecular Hbond substituents is 1. The van der Waals surface area contributed by atoms with Crippen molar-refractivity contribution in [3.8, 4) is 5.75 Å². The van der Waals surface area contributed by atoms with E-state index in [1.165, 1.54) is 5.57 Å². The van der Waals surface area contributed by atoms with Crippen molar-refractivity contribution >= 4 is 23.2 Å². The van der Waals surface area contributed by atoms with Crippen LogP contribution < -0.4 is 20.9 Å². The minimum absolute atomic E-state index is 0.107. The number of benzene rings is 1. The van der Waals surface area contributed by atoms with Crippen LogP contribution in [0.5, 0.6) is 5.75 Å². The van der Waals surface area contributed by atoms with Gasteiger partial charge in [-0.2, -0.15) is 0 Å². The van der Waals surface area contributed by atoms with E-state index in [0.29, 0.717) is 11.4 Å². The molecule has 4 nitrogen and oxygen atoms in total. The predicted octanol–water partition coefficient (Wildman–Crippen LogP) is -0.634. The fourth-order valence-corrected chi connectivity index (χ4v) is 2.21. The maximum atomic E-state index is 9.80. The van der Waals surface area contributed by atoms with Gasteiger partial charge in [0.05, 0.1) is 10.9 Å². The second kappa shape index (κ2) is 2.59. The standard InChI is InChI=1S/C11H11N3O/c1-14-3-2-6-5-13-10-9(6)8(14)4-7(12)11(10)15/h4-5H,2-3H2,1H3,(H2,12,13,15)/p+1. The third-order valence-corrected chi connectivity index (χ3v) is 3.08. The molecule has 3 N–H and O–H groups in total. The van der Waals surface area contributed by atoms with Crippen LogP contribution in [-0.2, 0) is 0 Å². The molecule has 0 saturated carbocycles. The van der Waals surface area contributed by atoms with E-state index in [1.807, 2.05) is 19.3 Å². The first-order valence-electron chi connectivity index (χ1n) is 4.95. The molecule has 0 spiro atoms. The van der Waals surface area contributed by atoms with Gasteiger partial charge < -0.3 is 10.8 Å². The van der Waals surface area contributed by atoms with Gasteiger partial charge in [0.25, 0.3) is 0 Å². The van der Waals surface area contributed by atoms with Crippen LogP contribution >= 0.6 is 0 Å². The molecule has 0 aliphatic carbocycles. The first-order valence-corrected chi connectivity index (χ1v) is 4.95. The monoisotopic (exact) mass is 202 g/mol. The maximum absolute atomic E-state index is 9.80. The summed E-state index contributed by atoms with van der Waals surface area (Å²) in [5, 5.41) is 11.9. The Kier molecular flexibility index (Phi) is 1.46. The Bertz CT molecular complexity index is 614. The molecule has 0 saturated heterocycles. The molecule has 3 rings (SSSR count). The Labute approximate surface area is 86.7 Å². The van der Waals surface area contributed by atoms with Crippen LogP contribution in [0.15, 0.2) is 11.1 Å². The summed E-state index contributed by atoms with van der Waals surface area (Å²) in [6.45, 7) is 0.970. The van der Waals surface area contributed by atoms with Crippen molar-refractivity contribution in [2.45, 2.75) is 6.42 Å². The number of nitrogen functional groups attached to an aromatic ring is 1. The molecule has 0 aromatic heterocycles. The number of hydrogen-bond acceptors (Lipinski definition) is 3. The van der Waals surface area contributed by atoms with Crippen LogP contribution in [0.1, 0.15) is 6.42 Å². The average Bonchev–Trinajstić information content (AvgIpc) is 2.64. The summed E-state index contributed by atoms with van der Waals surface area (Å²) < 4.78 is 2.15. The minimum Gasteiger partial charge on any atom is -0.504 e. The van der Waals surface area contributed by atoms with E-state index in [2.05, 4.69) is 9.57 Å². The number of aliphatic imine (C=N–C) groups is 1. The van der Waals surface area contributed by atoms with Crippen LogP contribution in [0.2, 0.25) is 0 Å². The third-order valence-electron chi connectivity index (χ3n) is 3.08. The van der Waals surface area contributed by atoms with Crippen molar-refractivity contribution in [2.24, 2.45) is 4.99 Å². The summed E-state index contributed by atoms with van der Waals surface area (Å²) in [4.78, 5) is 4.23. The Morgan fingerprint density at radius 3 is 3.13 bits per heavy atom. The lowest BCUT2D eigenvalue weighted by Crippen LogP contribution is -2.43. The van der Waals surface area contributed by atoms with Gasteiger partial charge in [-0.05, 0) is 5.57 Å². The van der Waals surface area contributed by atoms with Crippen molar-refractivity contribution in [2.75, 3.05) is 19.3 Å². The highest BCUT2D eigenvalue weighted by atomic mass is 16.3. The molecule has 0 radical (unpaired) electrons. The van der Waals surface area contributed by atoms with Gasteiger partial charge in [-0.25, -0.2) is 4.58 Å². The number of anilines is 1. The molecular weight excluding hydrogens is 190 g/mol. The molecule has 1 aromatic rings. The van der Waals surface area contributed by atoms with E-state index in [0.717, 1.165) is 23.5 Å². The average molecular weight is 202 g/mol. The summed E-state index contributed by atoms with van der Waals surface area (Å²) >= 11 is 0. The second-order valence-electron chi connectivity index (χ2n) is 4.01. The zero-order valence-corrected chi connectivity index (χ0v) is 8.49. The Hall–Kier alpha value is -1.84. The molecule has 0 amide bonds. The van der Waals surface area contributed by atoms with Gasteiger partial charge >= 0.3 is 0 Å². The van der Waals surface area contributed by atoms with Crippen molar-refractivity contribution < 1.29 is 5.11 Å². The second-order valence-corrected chi connectivity index (χ2v) is 4.01. The molecule has 4 heteroatoms. The summed E-state index contributed by atoms with van der Waals surface area (Å²) in [5.41, 5.74) is 7.97. The van der Waals surface area contributed by atoms with Gasteiger partial charge in [-0.15, -0.1) is 0 Å². The topological polar surface area (TPSA) is 61.6 Å². The van der Waals surface area contributed by atoms with E-state index in [1.54, 1.807) is 0 Å². The molecule has 0 fully saturated rings. The zero-order valence-electron chi connectivity index (χ0n) is 8.49. The molecule has 1 aromatic carbocycles. The zero-order chi connectivity index (χ0) is 10.6. The molecule has 0 atom stereocenters. The van der Waals surface area contributed by atoms with Gasteiger partial charge in [0.1, 0.15) is 19.3 Å². The van der Waals surface area contributed by atoms with E-state index in [9.17, 15) is 5.11 Å². The highest BCUT2D eigenvalue weighted by molar-refractivity contribution is 6.08. The highest BCUT2D eigenvalue weighted by Gasteiger charge is 2.22. The highest BCUT2D eigenvalue weighted by Crippen LogP contribution is 2.30. The minimum atomic E-state index is 0.107. The van der Waals surface area contributed by atoms with Crippen LogP contribution in [0.4, 0.5) is 11.4 Å². The lowest BCUT2D eigenvalue weighted by molar-refractivity contribution is 0.478. The Balaban J connectivity index is 2.62. The fourth-order valence-electron chi connectivity index (χ4n) is 2.21. The number of hydrogen-bond donors (Lipinski definition) is 2. The van der Waals surface area contributed by atoms with Crippen molar-refractivity contribution in [3.63, 3.8) is 0 Å². The molecule has 76 valence electrons. The largest absolute Gasteiger partial charge is 0.504 e. The smallest absolute Gasteiger partial charge is 0.211 e. The lowest BCUT2D eigenvalue weighted by atomic mass is 10.1. The number of nitrogens with zero attached hydrogens (tertiary/aromatic N) is 2. The van der Waals surface area contributed by atoms with Crippen LogP contribution in [0.3, 0.4) is 0 Å². The van der Waals surface area contributed by atoms with Crippen molar-refractivity contribution in [1.82, 2.24) is 4.58 Å². The molecule has 2 heterocycles. The van der Waals surface area contributed by atoms with Gasteiger partial charge in [-0.1, -0.05) is 0 Å². The van der Waals surface area contributed by atoms with E-state index in [4.69, 9.17) is 5.73 Å². The van der Waals surface area contributed by atoms with Crippen LogP contribution in [0, 0.1) is 0 Å². The number of phenols is 1. The molecule has 2 aliphatic heterocycles. The summed E-state index contributed by atoms with van der Waals surface area (Å²) in [6.07, 6.45) is 2.81. The molecule has 15 heavy (non-hydrogen) atoms. The quantitative estimate of drug-likeness (QED) is 0.334. The third kappa shape index (κ3) is 0.960. The predicted molar refractivity (Wildman–Crippen MR) is 60.0 cm³/mol. The van der Waals surface area contributed by atoms with Crippen molar-refractivity contribution in [1.29, 1.82) is 0 Å². The van der Waals surface area contributed by atoms with E-state index in [-0.39, 0.29) is 5.75 Å². The summed E-state index contributed by atoms with van der Waals surface area (Å²) in [6, 6.07) is 1.82. The fraction of sp³-hybridized carbons (Fsp3) is 0.273. The normalized spacial score (nSPS) is 17.1. The van der Waals surface area contributed by atoms with Crippen LogP contribution in [0.25, 0.3) is 5.57 Å². The van der Waals surface area contributed by atoms with Gasteiger partial charge in [0.15, 0.2) is 5.75 Å². The Morgan fingerprint density at radius 1 is 1.53 bits per heavy atom. The van der Waals surface area contributed by atoms with Gasteiger partial charge in [0, 0.05) is 18.7 Å². The maximum Gasteiger partial charge on any atom is 0.211 e. The first kappa shape index (κ1) is 8.47. The number of nitrogens with two attached hydrogens (primary N) is 1. The van der Waals surface area contributed by atoms with E-state index < -0.39 is 0 Å². The van der Waals surface area contributed by atoms with E-state index >= 15 is 0 Å².